The molecule has 9 heteroatoms. The van der Waals surface area contributed by atoms with Crippen LogP contribution >= 0.6 is 0 Å². The molecule has 0 aliphatic carbocycles. The van der Waals surface area contributed by atoms with Crippen molar-refractivity contribution in [1.82, 2.24) is 4.31 Å². The highest BCUT2D eigenvalue weighted by Gasteiger charge is 2.31. The number of non-ortho nitro benzene ring substituents is 1. The first-order valence-electron chi connectivity index (χ1n) is 6.04. The zero-order valence-electron chi connectivity index (χ0n) is 10.6. The lowest BCUT2D eigenvalue weighted by atomic mass is 10.1. The topological polar surface area (TPSA) is 127 Å². The van der Waals surface area contributed by atoms with E-state index < -0.39 is 21.1 Å². The molecule has 110 valence electrons. The first-order chi connectivity index (χ1) is 9.32. The van der Waals surface area contributed by atoms with Gasteiger partial charge in [0.25, 0.3) is 5.69 Å². The molecule has 0 radical (unpaired) electrons. The highest BCUT2D eigenvalue weighted by Crippen LogP contribution is 2.28. The van der Waals surface area contributed by atoms with Gasteiger partial charge in [0.15, 0.2) is 0 Å². The number of nitrogens with zero attached hydrogens (tertiary/aromatic N) is 2. The maximum atomic E-state index is 12.4. The van der Waals surface area contributed by atoms with Gasteiger partial charge >= 0.3 is 0 Å². The molecule has 1 atom stereocenters. The molecule has 0 spiro atoms. The number of aliphatic hydroxyl groups is 1. The number of nitrogens with two attached hydrogens (primary N) is 1. The summed E-state index contributed by atoms with van der Waals surface area (Å²) in [7, 11) is -3.84. The zero-order valence-corrected chi connectivity index (χ0v) is 11.4. The minimum Gasteiger partial charge on any atom is -0.397 e. The average Bonchev–Trinajstić information content (AvgIpc) is 2.38. The fraction of sp³-hybridized carbons (Fsp3) is 0.455. The fourth-order valence-corrected chi connectivity index (χ4v) is 3.78. The Balaban J connectivity index is 2.36. The van der Waals surface area contributed by atoms with Crippen LogP contribution in [-0.4, -0.2) is 41.9 Å². The first-order valence-corrected chi connectivity index (χ1v) is 7.48. The van der Waals surface area contributed by atoms with Gasteiger partial charge in [-0.25, -0.2) is 8.42 Å². The van der Waals surface area contributed by atoms with E-state index in [0.29, 0.717) is 19.4 Å². The van der Waals surface area contributed by atoms with Crippen LogP contribution in [0.3, 0.4) is 0 Å². The fourth-order valence-electron chi connectivity index (χ4n) is 2.16. The lowest BCUT2D eigenvalue weighted by molar-refractivity contribution is -0.384. The molecule has 3 N–H and O–H groups in total. The summed E-state index contributed by atoms with van der Waals surface area (Å²) in [5, 5.41) is 20.2. The number of sulfonamides is 1. The number of nitrogen functional groups attached to an aromatic ring is 1. The highest BCUT2D eigenvalue weighted by atomic mass is 32.2. The van der Waals surface area contributed by atoms with Crippen LogP contribution < -0.4 is 5.73 Å². The van der Waals surface area contributed by atoms with Crippen molar-refractivity contribution < 1.29 is 18.4 Å². The molecule has 0 bridgehead atoms. The van der Waals surface area contributed by atoms with Crippen LogP contribution in [0.5, 0.6) is 0 Å². The number of rotatable bonds is 3. The Bertz CT molecular complexity index is 631. The molecule has 1 aliphatic rings. The quantitative estimate of drug-likeness (QED) is 0.470. The Morgan fingerprint density at radius 1 is 1.45 bits per heavy atom. The molecule has 0 saturated carbocycles. The summed E-state index contributed by atoms with van der Waals surface area (Å²) in [5.74, 6) is 0. The smallest absolute Gasteiger partial charge is 0.271 e. The molecule has 1 unspecified atom stereocenters. The summed E-state index contributed by atoms with van der Waals surface area (Å²) < 4.78 is 26.0. The van der Waals surface area contributed by atoms with Gasteiger partial charge in [-0.2, -0.15) is 4.31 Å². The van der Waals surface area contributed by atoms with Crippen LogP contribution in [0.4, 0.5) is 11.4 Å². The molecule has 1 fully saturated rings. The van der Waals surface area contributed by atoms with Crippen LogP contribution in [0.1, 0.15) is 12.8 Å². The molecule has 8 nitrogen and oxygen atoms in total. The van der Waals surface area contributed by atoms with Crippen molar-refractivity contribution in [2.75, 3.05) is 18.8 Å². The van der Waals surface area contributed by atoms with Gasteiger partial charge in [-0.3, -0.25) is 10.1 Å². The number of piperidine rings is 1. The number of nitro groups is 1. The van der Waals surface area contributed by atoms with E-state index >= 15 is 0 Å². The van der Waals surface area contributed by atoms with Crippen molar-refractivity contribution in [2.24, 2.45) is 0 Å². The number of β-amino-alcohol motifs (C(OH)–C–C–N with tert-alkyl or cyclic N) is 1. The maximum absolute atomic E-state index is 12.4. The lowest BCUT2D eigenvalue weighted by Crippen LogP contribution is -2.42. The number of hydrogen-bond donors (Lipinski definition) is 2. The number of benzene rings is 1. The van der Waals surface area contributed by atoms with E-state index in [1.165, 1.54) is 0 Å². The van der Waals surface area contributed by atoms with E-state index in [0.717, 1.165) is 22.5 Å². The van der Waals surface area contributed by atoms with E-state index in [9.17, 15) is 23.6 Å². The Kier molecular flexibility index (Phi) is 3.93. The van der Waals surface area contributed by atoms with Crippen LogP contribution in [0.25, 0.3) is 0 Å². The van der Waals surface area contributed by atoms with Crippen molar-refractivity contribution in [3.63, 3.8) is 0 Å². The minimum absolute atomic E-state index is 0.0127. The van der Waals surface area contributed by atoms with Crippen LogP contribution in [0, 0.1) is 10.1 Å². The zero-order chi connectivity index (χ0) is 14.9. The molecule has 2 rings (SSSR count). The lowest BCUT2D eigenvalue weighted by Gasteiger charge is -2.29. The van der Waals surface area contributed by atoms with Crippen molar-refractivity contribution in [2.45, 2.75) is 23.8 Å². The van der Waals surface area contributed by atoms with E-state index in [2.05, 4.69) is 0 Å². The predicted octanol–water partition coefficient (Wildman–Crippen LogP) is 0.322. The maximum Gasteiger partial charge on any atom is 0.271 e. The third-order valence-electron chi connectivity index (χ3n) is 3.18. The van der Waals surface area contributed by atoms with Crippen LogP contribution in [0.2, 0.25) is 0 Å². The van der Waals surface area contributed by atoms with Gasteiger partial charge in [-0.05, 0) is 18.9 Å². The largest absolute Gasteiger partial charge is 0.397 e. The molecular weight excluding hydrogens is 286 g/mol. The third kappa shape index (κ3) is 2.74. The molecule has 1 saturated heterocycles. The summed E-state index contributed by atoms with van der Waals surface area (Å²) in [6, 6.07) is 3.25. The van der Waals surface area contributed by atoms with Crippen LogP contribution in [0.15, 0.2) is 23.1 Å². The van der Waals surface area contributed by atoms with Gasteiger partial charge in [0, 0.05) is 25.2 Å². The van der Waals surface area contributed by atoms with E-state index in [1.54, 1.807) is 0 Å². The Hall–Kier alpha value is -1.71. The standard InChI is InChI=1S/C11H15N3O5S/c12-10-6-8(14(16)17)3-4-11(10)20(18,19)13-5-1-2-9(15)7-13/h3-4,6,9,15H,1-2,5,7,12H2. The van der Waals surface area contributed by atoms with Crippen LogP contribution in [-0.2, 0) is 10.0 Å². The normalized spacial score (nSPS) is 20.8. The third-order valence-corrected chi connectivity index (χ3v) is 5.12. The number of aliphatic hydroxyl groups excluding tert-OH is 1. The summed E-state index contributed by atoms with van der Waals surface area (Å²) in [4.78, 5) is 9.81. The number of anilines is 1. The predicted molar refractivity (Wildman–Crippen MR) is 71.5 cm³/mol. The monoisotopic (exact) mass is 301 g/mol. The van der Waals surface area contributed by atoms with Gasteiger partial charge in [-0.1, -0.05) is 0 Å². The summed E-state index contributed by atoms with van der Waals surface area (Å²) in [6.07, 6.45) is 0.424. The average molecular weight is 301 g/mol. The second-order valence-corrected chi connectivity index (χ2v) is 6.54. The van der Waals surface area contributed by atoms with E-state index in [4.69, 9.17) is 5.73 Å². The van der Waals surface area contributed by atoms with E-state index in [1.807, 2.05) is 0 Å². The second-order valence-electron chi connectivity index (χ2n) is 4.64. The van der Waals surface area contributed by atoms with Crippen molar-refractivity contribution >= 4 is 21.4 Å². The summed E-state index contributed by atoms with van der Waals surface area (Å²) in [6.45, 7) is 0.314. The number of nitro benzene ring substituents is 1. The Morgan fingerprint density at radius 2 is 2.15 bits per heavy atom. The van der Waals surface area contributed by atoms with Gasteiger partial charge in [0.1, 0.15) is 4.90 Å². The van der Waals surface area contributed by atoms with Crippen molar-refractivity contribution in [3.05, 3.63) is 28.3 Å². The molecule has 1 aromatic rings. The van der Waals surface area contributed by atoms with E-state index in [-0.39, 0.29) is 22.8 Å². The van der Waals surface area contributed by atoms with Crippen molar-refractivity contribution in [3.8, 4) is 0 Å². The van der Waals surface area contributed by atoms with Gasteiger partial charge in [0.2, 0.25) is 10.0 Å². The molecule has 1 heterocycles. The Labute approximate surface area is 116 Å². The SMILES string of the molecule is Nc1cc([N+](=O)[O-])ccc1S(=O)(=O)N1CCCC(O)C1. The minimum atomic E-state index is -3.84. The molecule has 1 aliphatic heterocycles. The molecule has 0 aromatic heterocycles. The van der Waals surface area contributed by atoms with Gasteiger partial charge < -0.3 is 10.8 Å². The first kappa shape index (κ1) is 14.7. The number of hydrogen-bond acceptors (Lipinski definition) is 6. The molecule has 0 amide bonds. The van der Waals surface area contributed by atoms with Crippen molar-refractivity contribution in [1.29, 1.82) is 0 Å². The molecular formula is C11H15N3O5S. The highest BCUT2D eigenvalue weighted by molar-refractivity contribution is 7.89. The Morgan fingerprint density at radius 3 is 2.70 bits per heavy atom. The molecule has 1 aromatic carbocycles. The van der Waals surface area contributed by atoms with Gasteiger partial charge in [0.05, 0.1) is 16.7 Å². The second kappa shape index (κ2) is 5.35. The van der Waals surface area contributed by atoms with Gasteiger partial charge in [-0.15, -0.1) is 0 Å². The summed E-state index contributed by atoms with van der Waals surface area (Å²) >= 11 is 0. The summed E-state index contributed by atoms with van der Waals surface area (Å²) in [5.41, 5.74) is 5.18. The molecule has 20 heavy (non-hydrogen) atoms.